The largest absolute Gasteiger partial charge is 0.389 e. The van der Waals surface area contributed by atoms with E-state index in [1.807, 2.05) is 0 Å². The van der Waals surface area contributed by atoms with E-state index in [9.17, 15) is 20.2 Å². The third kappa shape index (κ3) is 10.5. The lowest BCUT2D eigenvalue weighted by Gasteiger charge is -1.94. The molecule has 1 unspecified atom stereocenters. The van der Waals surface area contributed by atoms with Crippen molar-refractivity contribution < 1.29 is 15.0 Å². The van der Waals surface area contributed by atoms with E-state index >= 15 is 0 Å². The van der Waals surface area contributed by atoms with Gasteiger partial charge in [-0.3, -0.25) is 20.2 Å². The summed E-state index contributed by atoms with van der Waals surface area (Å²) in [5.74, 6) is 0. The average Bonchev–Trinajstić information content (AvgIpc) is 2.03. The van der Waals surface area contributed by atoms with Crippen molar-refractivity contribution >= 4 is 0 Å². The SMILES string of the molecule is C=C(C)[N+](=O)[O-].CC(CO)[N+](=O)[O-]. The zero-order chi connectivity index (χ0) is 11.0. The summed E-state index contributed by atoms with van der Waals surface area (Å²) in [5, 5.41) is 27.0. The van der Waals surface area contributed by atoms with E-state index < -0.39 is 15.9 Å². The molecule has 7 nitrogen and oxygen atoms in total. The quantitative estimate of drug-likeness (QED) is 0.515. The molecule has 76 valence electrons. The number of nitrogens with zero attached hydrogens (tertiary/aromatic N) is 2. The van der Waals surface area contributed by atoms with Gasteiger partial charge >= 0.3 is 0 Å². The highest BCUT2D eigenvalue weighted by Gasteiger charge is 2.07. The minimum atomic E-state index is -0.819. The number of hydrogen-bond donors (Lipinski definition) is 1. The van der Waals surface area contributed by atoms with Crippen molar-refractivity contribution in [3.05, 3.63) is 32.5 Å². The van der Waals surface area contributed by atoms with Gasteiger partial charge in [0, 0.05) is 18.8 Å². The zero-order valence-electron chi connectivity index (χ0n) is 7.47. The van der Waals surface area contributed by atoms with Crippen molar-refractivity contribution in [2.45, 2.75) is 19.9 Å². The van der Waals surface area contributed by atoms with Crippen LogP contribution in [-0.4, -0.2) is 27.6 Å². The highest BCUT2D eigenvalue weighted by molar-refractivity contribution is 4.70. The van der Waals surface area contributed by atoms with Crippen LogP contribution < -0.4 is 0 Å². The van der Waals surface area contributed by atoms with Crippen molar-refractivity contribution in [3.63, 3.8) is 0 Å². The maximum Gasteiger partial charge on any atom is 0.236 e. The third-order valence-electron chi connectivity index (χ3n) is 0.936. The van der Waals surface area contributed by atoms with Gasteiger partial charge in [0.15, 0.2) is 0 Å². The Morgan fingerprint density at radius 3 is 1.85 bits per heavy atom. The van der Waals surface area contributed by atoms with Gasteiger partial charge in [0.2, 0.25) is 11.7 Å². The zero-order valence-corrected chi connectivity index (χ0v) is 7.47. The van der Waals surface area contributed by atoms with Crippen molar-refractivity contribution in [2.24, 2.45) is 0 Å². The number of hydrogen-bond acceptors (Lipinski definition) is 5. The Hall–Kier alpha value is -1.50. The average molecular weight is 192 g/mol. The molecule has 0 rings (SSSR count). The first-order valence-corrected chi connectivity index (χ1v) is 3.37. The lowest BCUT2D eigenvalue weighted by Crippen LogP contribution is -2.18. The van der Waals surface area contributed by atoms with E-state index in [1.165, 1.54) is 13.8 Å². The van der Waals surface area contributed by atoms with Gasteiger partial charge in [0.1, 0.15) is 6.61 Å². The Kier molecular flexibility index (Phi) is 7.74. The summed E-state index contributed by atoms with van der Waals surface area (Å²) in [6.07, 6.45) is 0. The van der Waals surface area contributed by atoms with Gasteiger partial charge in [-0.2, -0.15) is 0 Å². The smallest absolute Gasteiger partial charge is 0.236 e. The first kappa shape index (κ1) is 14.0. The van der Waals surface area contributed by atoms with Gasteiger partial charge in [-0.25, -0.2) is 0 Å². The predicted octanol–water partition coefficient (Wildman–Crippen LogP) is 0.441. The first-order valence-electron chi connectivity index (χ1n) is 3.37. The molecule has 13 heavy (non-hydrogen) atoms. The van der Waals surface area contributed by atoms with E-state index in [1.54, 1.807) is 0 Å². The molecule has 0 bridgehead atoms. The van der Waals surface area contributed by atoms with Crippen molar-refractivity contribution in [1.29, 1.82) is 0 Å². The van der Waals surface area contributed by atoms with Crippen LogP contribution in [0.4, 0.5) is 0 Å². The fourth-order valence-corrected chi connectivity index (χ4v) is 0.0667. The van der Waals surface area contributed by atoms with Gasteiger partial charge in [-0.05, 0) is 6.58 Å². The summed E-state index contributed by atoms with van der Waals surface area (Å²) in [7, 11) is 0. The minimum absolute atomic E-state index is 0.0185. The normalized spacial score (nSPS) is 10.7. The number of allylic oxidation sites excluding steroid dienone is 1. The molecular formula is C6H12N2O5. The minimum Gasteiger partial charge on any atom is -0.389 e. The molecule has 0 amide bonds. The molecule has 0 radical (unpaired) electrons. The van der Waals surface area contributed by atoms with Gasteiger partial charge < -0.3 is 5.11 Å². The highest BCUT2D eigenvalue weighted by atomic mass is 16.6. The molecule has 0 aromatic rings. The Bertz CT molecular complexity index is 191. The predicted molar refractivity (Wildman–Crippen MR) is 45.4 cm³/mol. The summed E-state index contributed by atoms with van der Waals surface area (Å²) >= 11 is 0. The van der Waals surface area contributed by atoms with Gasteiger partial charge in [0.05, 0.1) is 4.92 Å². The molecule has 0 aromatic carbocycles. The second kappa shape index (κ2) is 7.17. The number of rotatable bonds is 3. The second-order valence-corrected chi connectivity index (χ2v) is 2.31. The third-order valence-corrected chi connectivity index (χ3v) is 0.936. The maximum absolute atomic E-state index is 9.58. The summed E-state index contributed by atoms with van der Waals surface area (Å²) in [6.45, 7) is 5.37. The van der Waals surface area contributed by atoms with Crippen LogP contribution in [0.2, 0.25) is 0 Å². The van der Waals surface area contributed by atoms with E-state index in [0.717, 1.165) is 0 Å². The molecule has 1 N–H and O–H groups in total. The van der Waals surface area contributed by atoms with Gasteiger partial charge in [-0.15, -0.1) is 0 Å². The van der Waals surface area contributed by atoms with Crippen LogP contribution in [0.15, 0.2) is 12.3 Å². The maximum atomic E-state index is 9.58. The van der Waals surface area contributed by atoms with Crippen LogP contribution in [0.1, 0.15) is 13.8 Å². The molecule has 0 saturated heterocycles. The number of nitro groups is 2. The lowest BCUT2D eigenvalue weighted by atomic mass is 10.4. The summed E-state index contributed by atoms with van der Waals surface area (Å²) in [6, 6.07) is -0.819. The van der Waals surface area contributed by atoms with Crippen LogP contribution in [0.3, 0.4) is 0 Å². The molecule has 0 aromatic heterocycles. The summed E-state index contributed by atoms with van der Waals surface area (Å²) < 4.78 is 0. The molecule has 1 atom stereocenters. The standard InChI is InChI=1S/C3H7NO3.C3H5NO2/c1-3(2-5)4(6)7;1-3(2)4(5)6/h3,5H,2H2,1H3;1H2,2H3. The number of aliphatic hydroxyl groups excluding tert-OH is 1. The van der Waals surface area contributed by atoms with Crippen LogP contribution in [-0.2, 0) is 0 Å². The van der Waals surface area contributed by atoms with Crippen molar-refractivity contribution in [1.82, 2.24) is 0 Å². The summed E-state index contributed by atoms with van der Waals surface area (Å²) in [4.78, 5) is 17.9. The van der Waals surface area contributed by atoms with E-state index in [2.05, 4.69) is 6.58 Å². The Labute approximate surface area is 75.0 Å². The fourth-order valence-electron chi connectivity index (χ4n) is 0.0667. The van der Waals surface area contributed by atoms with Crippen molar-refractivity contribution in [3.8, 4) is 0 Å². The topological polar surface area (TPSA) is 107 Å². The first-order chi connectivity index (χ1) is 5.82. The van der Waals surface area contributed by atoms with Crippen LogP contribution in [0.5, 0.6) is 0 Å². The Morgan fingerprint density at radius 2 is 1.85 bits per heavy atom. The fraction of sp³-hybridized carbons (Fsp3) is 0.667. The molecule has 0 saturated carbocycles. The molecule has 0 aliphatic rings. The van der Waals surface area contributed by atoms with Crippen LogP contribution in [0.25, 0.3) is 0 Å². The number of aliphatic hydroxyl groups is 1. The van der Waals surface area contributed by atoms with Gasteiger partial charge in [0.25, 0.3) is 0 Å². The van der Waals surface area contributed by atoms with E-state index in [0.29, 0.717) is 0 Å². The van der Waals surface area contributed by atoms with E-state index in [4.69, 9.17) is 5.11 Å². The molecule has 0 aliphatic carbocycles. The van der Waals surface area contributed by atoms with Gasteiger partial charge in [-0.1, -0.05) is 0 Å². The Morgan fingerprint density at radius 1 is 1.54 bits per heavy atom. The second-order valence-electron chi connectivity index (χ2n) is 2.31. The summed E-state index contributed by atoms with van der Waals surface area (Å²) in [5.41, 5.74) is -0.0185. The highest BCUT2D eigenvalue weighted by Crippen LogP contribution is 1.82. The molecular weight excluding hydrogens is 180 g/mol. The molecule has 0 fully saturated rings. The molecule has 7 heteroatoms. The van der Waals surface area contributed by atoms with Crippen LogP contribution in [0, 0.1) is 20.2 Å². The van der Waals surface area contributed by atoms with Crippen LogP contribution >= 0.6 is 0 Å². The van der Waals surface area contributed by atoms with E-state index in [-0.39, 0.29) is 12.3 Å². The monoisotopic (exact) mass is 192 g/mol. The Balaban J connectivity index is 0. The molecule has 0 aliphatic heterocycles. The lowest BCUT2D eigenvalue weighted by molar-refractivity contribution is -0.521. The molecule has 0 heterocycles. The molecule has 0 spiro atoms. The van der Waals surface area contributed by atoms with Crippen molar-refractivity contribution in [2.75, 3.05) is 6.61 Å².